The number of halogens is 1. The summed E-state index contributed by atoms with van der Waals surface area (Å²) in [5, 5.41) is 11.2. The van der Waals surface area contributed by atoms with Gasteiger partial charge in [0.1, 0.15) is 0 Å². The van der Waals surface area contributed by atoms with Crippen molar-refractivity contribution in [3.05, 3.63) is 39.3 Å². The molecule has 0 radical (unpaired) electrons. The van der Waals surface area contributed by atoms with Gasteiger partial charge in [-0.15, -0.1) is 5.10 Å². The van der Waals surface area contributed by atoms with Gasteiger partial charge in [0.25, 0.3) is 0 Å². The largest absolute Gasteiger partial charge is 0.344 e. The van der Waals surface area contributed by atoms with E-state index in [-0.39, 0.29) is 11.7 Å². The third-order valence-corrected chi connectivity index (χ3v) is 4.58. The Morgan fingerprint density at radius 3 is 2.90 bits per heavy atom. The Morgan fingerprint density at radius 2 is 2.24 bits per heavy atom. The van der Waals surface area contributed by atoms with Crippen molar-refractivity contribution in [1.29, 1.82) is 0 Å². The minimum atomic E-state index is -0.201. The number of H-pyrrole nitrogens is 1. The molecule has 0 atom stereocenters. The summed E-state index contributed by atoms with van der Waals surface area (Å²) >= 11 is 7.74. The maximum atomic E-state index is 11.8. The number of aromatic nitrogens is 3. The van der Waals surface area contributed by atoms with E-state index in [4.69, 9.17) is 11.6 Å². The summed E-state index contributed by atoms with van der Waals surface area (Å²) in [6.45, 7) is 7.58. The fraction of sp³-hybridized carbons (Fsp3) is 0.429. The molecule has 7 heteroatoms. The zero-order valence-electron chi connectivity index (χ0n) is 12.3. The summed E-state index contributed by atoms with van der Waals surface area (Å²) in [7, 11) is 0. The molecule has 0 bridgehead atoms. The Kier molecular flexibility index (Phi) is 5.50. The Labute approximate surface area is 133 Å². The van der Waals surface area contributed by atoms with Gasteiger partial charge >= 0.3 is 5.69 Å². The first kappa shape index (κ1) is 16.1. The summed E-state index contributed by atoms with van der Waals surface area (Å²) in [5.41, 5.74) is 0.896. The van der Waals surface area contributed by atoms with Gasteiger partial charge in [0.15, 0.2) is 5.16 Å². The fourth-order valence-corrected chi connectivity index (χ4v) is 3.39. The van der Waals surface area contributed by atoms with Crippen LogP contribution in [-0.4, -0.2) is 21.3 Å². The molecule has 2 N–H and O–H groups in total. The number of rotatable bonds is 6. The van der Waals surface area contributed by atoms with Gasteiger partial charge in [0.2, 0.25) is 0 Å². The minimum absolute atomic E-state index is 0.0402. The summed E-state index contributed by atoms with van der Waals surface area (Å²) in [4.78, 5) is 12.7. The number of nitrogens with one attached hydrogen (secondary N) is 2. The van der Waals surface area contributed by atoms with Crippen LogP contribution in [0.5, 0.6) is 0 Å². The van der Waals surface area contributed by atoms with E-state index >= 15 is 0 Å². The molecule has 1 aromatic carbocycles. The molecule has 21 heavy (non-hydrogen) atoms. The molecule has 0 aliphatic rings. The molecule has 0 aliphatic heterocycles. The molecule has 0 saturated heterocycles. The van der Waals surface area contributed by atoms with Crippen molar-refractivity contribution in [2.75, 3.05) is 6.54 Å². The van der Waals surface area contributed by atoms with Crippen LogP contribution in [0.1, 0.15) is 32.4 Å². The molecular weight excluding hydrogens is 308 g/mol. The summed E-state index contributed by atoms with van der Waals surface area (Å²) < 4.78 is 1.63. The fourth-order valence-electron chi connectivity index (χ4n) is 1.98. The molecule has 2 rings (SSSR count). The van der Waals surface area contributed by atoms with Crippen molar-refractivity contribution < 1.29 is 0 Å². The molecular formula is C14H19ClN4OS. The Morgan fingerprint density at radius 1 is 1.48 bits per heavy atom. The van der Waals surface area contributed by atoms with Crippen LogP contribution in [-0.2, 0) is 6.54 Å². The van der Waals surface area contributed by atoms with Gasteiger partial charge in [-0.2, -0.15) is 0 Å². The van der Waals surface area contributed by atoms with Crippen molar-refractivity contribution in [1.82, 2.24) is 20.1 Å². The monoisotopic (exact) mass is 326 g/mol. The van der Waals surface area contributed by atoms with E-state index in [1.807, 2.05) is 32.0 Å². The number of benzene rings is 1. The van der Waals surface area contributed by atoms with E-state index in [2.05, 4.69) is 22.4 Å². The molecule has 0 amide bonds. The average Bonchev–Trinajstić information content (AvgIpc) is 2.80. The minimum Gasteiger partial charge on any atom is -0.313 e. The standard InChI is InChI=1S/C14H19ClN4OS/c1-4-16-8-10-6-5-7-11(15)12(10)21-14-18-17-13(20)19(14)9(2)3/h5-7,9,16H,4,8H2,1-3H3,(H,17,20). The highest BCUT2D eigenvalue weighted by molar-refractivity contribution is 7.99. The molecule has 114 valence electrons. The van der Waals surface area contributed by atoms with E-state index in [0.29, 0.717) is 10.2 Å². The third kappa shape index (κ3) is 3.70. The smallest absolute Gasteiger partial charge is 0.313 e. The van der Waals surface area contributed by atoms with Gasteiger partial charge in [-0.3, -0.25) is 4.57 Å². The average molecular weight is 327 g/mol. The topological polar surface area (TPSA) is 62.7 Å². The summed E-state index contributed by atoms with van der Waals surface area (Å²) in [5.74, 6) is 0. The molecule has 0 spiro atoms. The second-order valence-electron chi connectivity index (χ2n) is 4.89. The first-order valence-corrected chi connectivity index (χ1v) is 8.06. The molecule has 2 aromatic rings. The van der Waals surface area contributed by atoms with Crippen LogP contribution >= 0.6 is 23.4 Å². The van der Waals surface area contributed by atoms with Gasteiger partial charge in [-0.25, -0.2) is 9.89 Å². The predicted octanol–water partition coefficient (Wildman–Crippen LogP) is 3.07. The SMILES string of the molecule is CCNCc1cccc(Cl)c1Sc1n[nH]c(=O)n1C(C)C. The highest BCUT2D eigenvalue weighted by Gasteiger charge is 2.16. The van der Waals surface area contributed by atoms with Gasteiger partial charge in [0.05, 0.1) is 5.02 Å². The van der Waals surface area contributed by atoms with Gasteiger partial charge < -0.3 is 5.32 Å². The lowest BCUT2D eigenvalue weighted by atomic mass is 10.2. The van der Waals surface area contributed by atoms with Crippen LogP contribution in [0.3, 0.4) is 0 Å². The highest BCUT2D eigenvalue weighted by Crippen LogP contribution is 2.35. The van der Waals surface area contributed by atoms with E-state index in [1.165, 1.54) is 11.8 Å². The van der Waals surface area contributed by atoms with Crippen LogP contribution in [0.25, 0.3) is 0 Å². The Hall–Kier alpha value is -1.24. The van der Waals surface area contributed by atoms with Crippen molar-refractivity contribution in [3.63, 3.8) is 0 Å². The van der Waals surface area contributed by atoms with Crippen molar-refractivity contribution in [2.24, 2.45) is 0 Å². The van der Waals surface area contributed by atoms with E-state index in [9.17, 15) is 4.79 Å². The van der Waals surface area contributed by atoms with E-state index < -0.39 is 0 Å². The van der Waals surface area contributed by atoms with Crippen LogP contribution < -0.4 is 11.0 Å². The summed E-state index contributed by atoms with van der Waals surface area (Å²) in [6, 6.07) is 5.85. The molecule has 1 heterocycles. The number of hydrogen-bond acceptors (Lipinski definition) is 4. The second kappa shape index (κ2) is 7.15. The zero-order chi connectivity index (χ0) is 15.4. The van der Waals surface area contributed by atoms with Gasteiger partial charge in [0, 0.05) is 17.5 Å². The van der Waals surface area contributed by atoms with E-state index in [0.717, 1.165) is 23.5 Å². The maximum absolute atomic E-state index is 11.8. The van der Waals surface area contributed by atoms with Crippen LogP contribution in [0.4, 0.5) is 0 Å². The lowest BCUT2D eigenvalue weighted by Crippen LogP contribution is -2.19. The first-order chi connectivity index (χ1) is 10.0. The second-order valence-corrected chi connectivity index (χ2v) is 6.27. The molecule has 0 unspecified atom stereocenters. The summed E-state index contributed by atoms with van der Waals surface area (Å²) in [6.07, 6.45) is 0. The van der Waals surface area contributed by atoms with Gasteiger partial charge in [-0.05, 0) is 43.8 Å². The normalized spacial score (nSPS) is 11.3. The van der Waals surface area contributed by atoms with Crippen molar-refractivity contribution in [2.45, 2.75) is 43.4 Å². The lowest BCUT2D eigenvalue weighted by molar-refractivity contribution is 0.534. The van der Waals surface area contributed by atoms with Gasteiger partial charge in [-0.1, -0.05) is 30.7 Å². The Bertz CT molecular complexity index is 665. The molecule has 0 fully saturated rings. The number of nitrogens with zero attached hydrogens (tertiary/aromatic N) is 2. The Balaban J connectivity index is 2.37. The van der Waals surface area contributed by atoms with Crippen LogP contribution in [0, 0.1) is 0 Å². The first-order valence-electron chi connectivity index (χ1n) is 6.87. The van der Waals surface area contributed by atoms with Crippen molar-refractivity contribution >= 4 is 23.4 Å². The predicted molar refractivity (Wildman–Crippen MR) is 86.2 cm³/mol. The quantitative estimate of drug-likeness (QED) is 0.856. The van der Waals surface area contributed by atoms with E-state index in [1.54, 1.807) is 4.57 Å². The zero-order valence-corrected chi connectivity index (χ0v) is 13.9. The van der Waals surface area contributed by atoms with Crippen LogP contribution in [0.15, 0.2) is 33.0 Å². The number of hydrogen-bond donors (Lipinski definition) is 2. The maximum Gasteiger partial charge on any atom is 0.344 e. The highest BCUT2D eigenvalue weighted by atomic mass is 35.5. The molecule has 0 saturated carbocycles. The molecule has 1 aromatic heterocycles. The lowest BCUT2D eigenvalue weighted by Gasteiger charge is -2.13. The number of aromatic amines is 1. The van der Waals surface area contributed by atoms with Crippen molar-refractivity contribution in [3.8, 4) is 0 Å². The van der Waals surface area contributed by atoms with Crippen LogP contribution in [0.2, 0.25) is 5.02 Å². The molecule has 5 nitrogen and oxygen atoms in total. The molecule has 0 aliphatic carbocycles. The third-order valence-electron chi connectivity index (χ3n) is 3.00.